The normalized spacial score (nSPS) is 26.4. The number of cyclic esters (lactones) is 1. The van der Waals surface area contributed by atoms with E-state index in [0.29, 0.717) is 11.3 Å². The van der Waals surface area contributed by atoms with Crippen LogP contribution in [0.4, 0.5) is 4.79 Å². The minimum absolute atomic E-state index is 0.134. The van der Waals surface area contributed by atoms with Gasteiger partial charge in [0.2, 0.25) is 0 Å². The molecule has 0 fully saturated rings. The number of halogens is 1. The van der Waals surface area contributed by atoms with Gasteiger partial charge in [-0.25, -0.2) is 9.59 Å². The summed E-state index contributed by atoms with van der Waals surface area (Å²) in [5.74, 6) is -0.241. The van der Waals surface area contributed by atoms with Crippen molar-refractivity contribution in [1.82, 2.24) is 10.6 Å². The average molecular weight is 203 g/mol. The van der Waals surface area contributed by atoms with E-state index in [2.05, 4.69) is 10.6 Å². The zero-order valence-electron chi connectivity index (χ0n) is 6.59. The van der Waals surface area contributed by atoms with Crippen molar-refractivity contribution in [2.24, 2.45) is 0 Å². The number of ether oxygens (including phenoxy) is 1. The maximum Gasteiger partial charge on any atom is 0.338 e. The molecule has 70 valence electrons. The highest BCUT2D eigenvalue weighted by atomic mass is 35.5. The number of urea groups is 1. The van der Waals surface area contributed by atoms with E-state index in [0.717, 1.165) is 0 Å². The van der Waals surface area contributed by atoms with E-state index in [1.807, 2.05) is 0 Å². The SMILES string of the molecule is O=C1NC2=C(C(=O)OC2)C(CCl)N1. The Bertz CT molecular complexity index is 313. The number of hydrogen-bond acceptors (Lipinski definition) is 3. The molecule has 1 unspecified atom stereocenters. The van der Waals surface area contributed by atoms with Gasteiger partial charge in [0.05, 0.1) is 17.3 Å². The van der Waals surface area contributed by atoms with Gasteiger partial charge in [-0.05, 0) is 0 Å². The van der Waals surface area contributed by atoms with Gasteiger partial charge in [0.25, 0.3) is 0 Å². The highest BCUT2D eigenvalue weighted by Crippen LogP contribution is 2.20. The number of rotatable bonds is 1. The summed E-state index contributed by atoms with van der Waals surface area (Å²) in [5, 5.41) is 5.03. The lowest BCUT2D eigenvalue weighted by atomic mass is 10.1. The molecule has 0 aromatic rings. The van der Waals surface area contributed by atoms with E-state index >= 15 is 0 Å². The predicted molar refractivity (Wildman–Crippen MR) is 44.2 cm³/mol. The Morgan fingerprint density at radius 3 is 3.00 bits per heavy atom. The third kappa shape index (κ3) is 1.25. The minimum Gasteiger partial charge on any atom is -0.456 e. The Labute approximate surface area is 79.1 Å². The molecule has 2 aliphatic rings. The van der Waals surface area contributed by atoms with E-state index in [-0.39, 0.29) is 18.5 Å². The third-order valence-electron chi connectivity index (χ3n) is 1.97. The summed E-state index contributed by atoms with van der Waals surface area (Å²) in [6.45, 7) is 0.134. The fourth-order valence-electron chi connectivity index (χ4n) is 1.39. The number of carbonyl (C=O) groups is 2. The van der Waals surface area contributed by atoms with Crippen molar-refractivity contribution in [1.29, 1.82) is 0 Å². The second-order valence-electron chi connectivity index (χ2n) is 2.77. The number of alkyl halides is 1. The van der Waals surface area contributed by atoms with Crippen LogP contribution in [-0.4, -0.2) is 30.5 Å². The Hall–Kier alpha value is -1.23. The van der Waals surface area contributed by atoms with Gasteiger partial charge in [-0.3, -0.25) is 0 Å². The zero-order valence-corrected chi connectivity index (χ0v) is 7.35. The largest absolute Gasteiger partial charge is 0.456 e. The van der Waals surface area contributed by atoms with Gasteiger partial charge in [-0.2, -0.15) is 0 Å². The number of carbonyl (C=O) groups excluding carboxylic acids is 2. The summed E-state index contributed by atoms with van der Waals surface area (Å²) in [7, 11) is 0. The van der Waals surface area contributed by atoms with E-state index in [1.54, 1.807) is 0 Å². The fourth-order valence-corrected chi connectivity index (χ4v) is 1.62. The first kappa shape index (κ1) is 8.37. The summed E-state index contributed by atoms with van der Waals surface area (Å²) in [4.78, 5) is 22.2. The first-order chi connectivity index (χ1) is 6.22. The standard InChI is InChI=1S/C7H7ClN2O3/c8-1-3-5-4(2-13-6(5)11)10-7(12)9-3/h3H,1-2H2,(H2,9,10,12). The minimum atomic E-state index is -0.430. The van der Waals surface area contributed by atoms with Crippen molar-refractivity contribution in [2.45, 2.75) is 6.04 Å². The molecule has 0 spiro atoms. The average Bonchev–Trinajstić information content (AvgIpc) is 2.46. The molecule has 2 heterocycles. The third-order valence-corrected chi connectivity index (χ3v) is 2.27. The van der Waals surface area contributed by atoms with E-state index in [9.17, 15) is 9.59 Å². The zero-order chi connectivity index (χ0) is 9.42. The van der Waals surface area contributed by atoms with Crippen LogP contribution in [0, 0.1) is 0 Å². The lowest BCUT2D eigenvalue weighted by Crippen LogP contribution is -2.49. The van der Waals surface area contributed by atoms with Gasteiger partial charge in [-0.15, -0.1) is 11.6 Å². The van der Waals surface area contributed by atoms with Crippen LogP contribution in [0.1, 0.15) is 0 Å². The van der Waals surface area contributed by atoms with Crippen LogP contribution in [0.15, 0.2) is 11.3 Å². The Morgan fingerprint density at radius 1 is 1.54 bits per heavy atom. The molecule has 2 N–H and O–H groups in total. The second kappa shape index (κ2) is 2.92. The van der Waals surface area contributed by atoms with Crippen molar-refractivity contribution >= 4 is 23.6 Å². The van der Waals surface area contributed by atoms with Crippen LogP contribution in [-0.2, 0) is 9.53 Å². The summed E-state index contributed by atoms with van der Waals surface area (Å²) in [6.07, 6.45) is 0. The second-order valence-corrected chi connectivity index (χ2v) is 3.08. The Balaban J connectivity index is 2.35. The topological polar surface area (TPSA) is 67.4 Å². The van der Waals surface area contributed by atoms with Crippen molar-refractivity contribution in [2.75, 3.05) is 12.5 Å². The quantitative estimate of drug-likeness (QED) is 0.454. The highest BCUT2D eigenvalue weighted by Gasteiger charge is 2.36. The van der Waals surface area contributed by atoms with Crippen LogP contribution in [0.2, 0.25) is 0 Å². The molecular weight excluding hydrogens is 196 g/mol. The van der Waals surface area contributed by atoms with E-state index in [1.165, 1.54) is 0 Å². The molecular formula is C7H7ClN2O3. The molecule has 0 aromatic carbocycles. The molecule has 6 heteroatoms. The van der Waals surface area contributed by atoms with Crippen molar-refractivity contribution in [3.63, 3.8) is 0 Å². The van der Waals surface area contributed by atoms with Crippen LogP contribution < -0.4 is 10.6 Å². The monoisotopic (exact) mass is 202 g/mol. The molecule has 0 saturated carbocycles. The summed E-state index contributed by atoms with van der Waals surface area (Å²) < 4.78 is 4.75. The summed E-state index contributed by atoms with van der Waals surface area (Å²) >= 11 is 5.59. The molecule has 13 heavy (non-hydrogen) atoms. The lowest BCUT2D eigenvalue weighted by molar-refractivity contribution is -0.136. The molecule has 0 aliphatic carbocycles. The van der Waals surface area contributed by atoms with Crippen molar-refractivity contribution in [3.8, 4) is 0 Å². The molecule has 2 amide bonds. The van der Waals surface area contributed by atoms with Crippen LogP contribution >= 0.6 is 11.6 Å². The van der Waals surface area contributed by atoms with Gasteiger partial charge in [0.1, 0.15) is 6.61 Å². The number of esters is 1. The highest BCUT2D eigenvalue weighted by molar-refractivity contribution is 6.19. The maximum absolute atomic E-state index is 11.2. The van der Waals surface area contributed by atoms with Crippen molar-refractivity contribution < 1.29 is 14.3 Å². The summed E-state index contributed by atoms with van der Waals surface area (Å²) in [5.41, 5.74) is 0.967. The number of hydrogen-bond donors (Lipinski definition) is 2. The molecule has 0 bridgehead atoms. The van der Waals surface area contributed by atoms with Gasteiger partial charge in [0.15, 0.2) is 0 Å². The number of amides is 2. The predicted octanol–water partition coefficient (Wildman–Crippen LogP) is -0.283. The smallest absolute Gasteiger partial charge is 0.338 e. The molecule has 0 radical (unpaired) electrons. The first-order valence-electron chi connectivity index (χ1n) is 3.76. The molecule has 2 rings (SSSR count). The van der Waals surface area contributed by atoms with E-state index in [4.69, 9.17) is 16.3 Å². The Morgan fingerprint density at radius 2 is 2.31 bits per heavy atom. The van der Waals surface area contributed by atoms with E-state index < -0.39 is 12.0 Å². The molecule has 0 saturated heterocycles. The van der Waals surface area contributed by atoms with Gasteiger partial charge in [-0.1, -0.05) is 0 Å². The molecule has 5 nitrogen and oxygen atoms in total. The lowest BCUT2D eigenvalue weighted by Gasteiger charge is -2.21. The van der Waals surface area contributed by atoms with Crippen LogP contribution in [0.3, 0.4) is 0 Å². The van der Waals surface area contributed by atoms with Gasteiger partial charge < -0.3 is 15.4 Å². The Kier molecular flexibility index (Phi) is 1.88. The van der Waals surface area contributed by atoms with Crippen LogP contribution in [0.5, 0.6) is 0 Å². The fraction of sp³-hybridized carbons (Fsp3) is 0.429. The summed E-state index contributed by atoms with van der Waals surface area (Å²) in [6, 6.07) is -0.775. The van der Waals surface area contributed by atoms with Crippen molar-refractivity contribution in [3.05, 3.63) is 11.3 Å². The van der Waals surface area contributed by atoms with Gasteiger partial charge >= 0.3 is 12.0 Å². The molecule has 0 aromatic heterocycles. The molecule has 2 aliphatic heterocycles. The first-order valence-corrected chi connectivity index (χ1v) is 4.29. The number of nitrogens with one attached hydrogen (secondary N) is 2. The maximum atomic E-state index is 11.2. The van der Waals surface area contributed by atoms with Crippen LogP contribution in [0.25, 0.3) is 0 Å². The molecule has 1 atom stereocenters. The van der Waals surface area contributed by atoms with Gasteiger partial charge in [0, 0.05) is 5.88 Å².